The first-order valence-corrected chi connectivity index (χ1v) is 5.66. The summed E-state index contributed by atoms with van der Waals surface area (Å²) in [6.07, 6.45) is 0. The molecule has 3 N–H and O–H groups in total. The summed E-state index contributed by atoms with van der Waals surface area (Å²) in [5.41, 5.74) is 7.40. The van der Waals surface area contributed by atoms with Crippen LogP contribution in [0.3, 0.4) is 0 Å². The number of hydrogen-bond acceptors (Lipinski definition) is 4. The molecule has 1 aromatic rings. The maximum absolute atomic E-state index is 8.77. The summed E-state index contributed by atoms with van der Waals surface area (Å²) in [5.74, 6) is 0. The van der Waals surface area contributed by atoms with Gasteiger partial charge in [-0.25, -0.2) is 0 Å². The highest BCUT2D eigenvalue weighted by atomic mass is 16.5. The van der Waals surface area contributed by atoms with Crippen LogP contribution in [0.5, 0.6) is 0 Å². The summed E-state index contributed by atoms with van der Waals surface area (Å²) in [5, 5.41) is 12.0. The second-order valence-corrected chi connectivity index (χ2v) is 4.46. The van der Waals surface area contributed by atoms with E-state index in [1.807, 2.05) is 32.9 Å². The molecule has 4 heteroatoms. The molecule has 0 unspecified atom stereocenters. The van der Waals surface area contributed by atoms with Crippen molar-refractivity contribution in [3.05, 3.63) is 23.8 Å². The van der Waals surface area contributed by atoms with Crippen molar-refractivity contribution in [1.82, 2.24) is 0 Å². The Labute approximate surface area is 102 Å². The van der Waals surface area contributed by atoms with E-state index in [4.69, 9.17) is 15.7 Å². The molecule has 0 saturated carbocycles. The lowest BCUT2D eigenvalue weighted by molar-refractivity contribution is 0.000699. The highest BCUT2D eigenvalue weighted by Crippen LogP contribution is 2.18. The molecule has 0 amide bonds. The number of hydrogen-bond donors (Lipinski definition) is 2. The molecule has 1 rings (SSSR count). The van der Waals surface area contributed by atoms with E-state index in [2.05, 4.69) is 5.32 Å². The number of ether oxygens (including phenoxy) is 1. The van der Waals surface area contributed by atoms with Crippen LogP contribution in [-0.4, -0.2) is 18.8 Å². The first-order chi connectivity index (χ1) is 7.98. The van der Waals surface area contributed by atoms with Crippen LogP contribution >= 0.6 is 0 Å². The molecule has 17 heavy (non-hydrogen) atoms. The second kappa shape index (κ2) is 5.55. The fourth-order valence-corrected chi connectivity index (χ4v) is 1.53. The number of nitriles is 1. The Hall–Kier alpha value is -1.73. The quantitative estimate of drug-likeness (QED) is 0.766. The van der Waals surface area contributed by atoms with Crippen LogP contribution in [0.2, 0.25) is 0 Å². The Balaban J connectivity index is 2.65. The largest absolute Gasteiger partial charge is 0.398 e. The van der Waals surface area contributed by atoms with E-state index in [0.717, 1.165) is 5.69 Å². The first kappa shape index (κ1) is 13.3. The number of nitrogens with zero attached hydrogens (tertiary/aromatic N) is 1. The summed E-state index contributed by atoms with van der Waals surface area (Å²) in [7, 11) is 0. The SMILES string of the molecule is CCOC(C)(C)CNc1ccc(C#N)c(N)c1. The number of nitrogen functional groups attached to an aromatic ring is 1. The van der Waals surface area contributed by atoms with Gasteiger partial charge >= 0.3 is 0 Å². The Bertz CT molecular complexity index is 421. The molecule has 0 spiro atoms. The van der Waals surface area contributed by atoms with E-state index in [9.17, 15) is 0 Å². The van der Waals surface area contributed by atoms with Gasteiger partial charge in [0.25, 0.3) is 0 Å². The lowest BCUT2D eigenvalue weighted by atomic mass is 10.1. The number of benzene rings is 1. The highest BCUT2D eigenvalue weighted by molar-refractivity contribution is 5.62. The topological polar surface area (TPSA) is 71.1 Å². The molecule has 4 nitrogen and oxygen atoms in total. The summed E-state index contributed by atoms with van der Waals surface area (Å²) in [4.78, 5) is 0. The molecule has 0 fully saturated rings. The molecular formula is C13H19N3O. The van der Waals surface area contributed by atoms with Crippen LogP contribution < -0.4 is 11.1 Å². The van der Waals surface area contributed by atoms with Crippen molar-refractivity contribution in [3.8, 4) is 6.07 Å². The molecule has 1 aromatic carbocycles. The Kier molecular flexibility index (Phi) is 4.36. The molecule has 0 bridgehead atoms. The first-order valence-electron chi connectivity index (χ1n) is 5.66. The van der Waals surface area contributed by atoms with Crippen molar-refractivity contribution < 1.29 is 4.74 Å². The van der Waals surface area contributed by atoms with Crippen LogP contribution in [0.1, 0.15) is 26.3 Å². The van der Waals surface area contributed by atoms with E-state index in [-0.39, 0.29) is 5.60 Å². The monoisotopic (exact) mass is 233 g/mol. The van der Waals surface area contributed by atoms with Gasteiger partial charge in [0.2, 0.25) is 0 Å². The minimum absolute atomic E-state index is 0.225. The standard InChI is InChI=1S/C13H19N3O/c1-4-17-13(2,3)9-16-11-6-5-10(8-14)12(15)7-11/h5-7,16H,4,9,15H2,1-3H3. The van der Waals surface area contributed by atoms with Gasteiger partial charge in [0, 0.05) is 18.8 Å². The van der Waals surface area contributed by atoms with Gasteiger partial charge in [-0.05, 0) is 39.0 Å². The molecule has 0 saturated heterocycles. The van der Waals surface area contributed by atoms with Crippen LogP contribution in [0.15, 0.2) is 18.2 Å². The molecule has 0 radical (unpaired) electrons. The molecule has 0 aliphatic heterocycles. The maximum Gasteiger partial charge on any atom is 0.101 e. The normalized spacial score (nSPS) is 10.9. The predicted octanol–water partition coefficient (Wildman–Crippen LogP) is 2.37. The van der Waals surface area contributed by atoms with Gasteiger partial charge < -0.3 is 15.8 Å². The summed E-state index contributed by atoms with van der Waals surface area (Å²) >= 11 is 0. The van der Waals surface area contributed by atoms with Crippen molar-refractivity contribution in [2.45, 2.75) is 26.4 Å². The average molecular weight is 233 g/mol. The number of rotatable bonds is 5. The van der Waals surface area contributed by atoms with Gasteiger partial charge in [-0.3, -0.25) is 0 Å². The smallest absolute Gasteiger partial charge is 0.101 e. The molecule has 0 aliphatic carbocycles. The molecule has 0 heterocycles. The van der Waals surface area contributed by atoms with Crippen LogP contribution in [-0.2, 0) is 4.74 Å². The highest BCUT2D eigenvalue weighted by Gasteiger charge is 2.16. The van der Waals surface area contributed by atoms with Gasteiger partial charge in [-0.2, -0.15) is 5.26 Å². The van der Waals surface area contributed by atoms with E-state index in [1.165, 1.54) is 0 Å². The second-order valence-electron chi connectivity index (χ2n) is 4.46. The maximum atomic E-state index is 8.77. The van der Waals surface area contributed by atoms with Crippen molar-refractivity contribution in [1.29, 1.82) is 5.26 Å². The third-order valence-corrected chi connectivity index (χ3v) is 2.43. The van der Waals surface area contributed by atoms with Crippen LogP contribution in [0.4, 0.5) is 11.4 Å². The minimum Gasteiger partial charge on any atom is -0.398 e. The number of nitrogens with two attached hydrogens (primary N) is 1. The van der Waals surface area contributed by atoms with Gasteiger partial charge in [-0.15, -0.1) is 0 Å². The lowest BCUT2D eigenvalue weighted by Crippen LogP contribution is -2.33. The molecular weight excluding hydrogens is 214 g/mol. The van der Waals surface area contributed by atoms with Crippen LogP contribution in [0, 0.1) is 11.3 Å². The van der Waals surface area contributed by atoms with E-state index < -0.39 is 0 Å². The molecule has 0 aromatic heterocycles. The van der Waals surface area contributed by atoms with Gasteiger partial charge in [0.1, 0.15) is 6.07 Å². The zero-order valence-electron chi connectivity index (χ0n) is 10.6. The molecule has 0 atom stereocenters. The average Bonchev–Trinajstić information content (AvgIpc) is 2.27. The third kappa shape index (κ3) is 3.97. The zero-order chi connectivity index (χ0) is 12.9. The summed E-state index contributed by atoms with van der Waals surface area (Å²) < 4.78 is 5.58. The number of anilines is 2. The Morgan fingerprint density at radius 2 is 2.18 bits per heavy atom. The van der Waals surface area contributed by atoms with Gasteiger partial charge in [0.05, 0.1) is 16.9 Å². The van der Waals surface area contributed by atoms with Crippen molar-refractivity contribution in [2.75, 3.05) is 24.2 Å². The van der Waals surface area contributed by atoms with Gasteiger partial charge in [-0.1, -0.05) is 0 Å². The van der Waals surface area contributed by atoms with Gasteiger partial charge in [0.15, 0.2) is 0 Å². The van der Waals surface area contributed by atoms with Crippen molar-refractivity contribution in [2.24, 2.45) is 0 Å². The minimum atomic E-state index is -0.225. The zero-order valence-corrected chi connectivity index (χ0v) is 10.6. The fraction of sp³-hybridized carbons (Fsp3) is 0.462. The summed E-state index contributed by atoms with van der Waals surface area (Å²) in [6.45, 7) is 7.39. The van der Waals surface area contributed by atoms with E-state index in [0.29, 0.717) is 24.4 Å². The Morgan fingerprint density at radius 1 is 1.47 bits per heavy atom. The van der Waals surface area contributed by atoms with E-state index in [1.54, 1.807) is 12.1 Å². The predicted molar refractivity (Wildman–Crippen MR) is 69.8 cm³/mol. The fourth-order valence-electron chi connectivity index (χ4n) is 1.53. The van der Waals surface area contributed by atoms with Crippen molar-refractivity contribution >= 4 is 11.4 Å². The number of nitrogens with one attached hydrogen (secondary N) is 1. The van der Waals surface area contributed by atoms with Crippen LogP contribution in [0.25, 0.3) is 0 Å². The van der Waals surface area contributed by atoms with Crippen molar-refractivity contribution in [3.63, 3.8) is 0 Å². The summed E-state index contributed by atoms with van der Waals surface area (Å²) in [6, 6.07) is 7.36. The molecule has 0 aliphatic rings. The van der Waals surface area contributed by atoms with E-state index >= 15 is 0 Å². The lowest BCUT2D eigenvalue weighted by Gasteiger charge is -2.25. The third-order valence-electron chi connectivity index (χ3n) is 2.43. The molecule has 92 valence electrons. The Morgan fingerprint density at radius 3 is 2.71 bits per heavy atom.